The first-order valence-corrected chi connectivity index (χ1v) is 11.6. The predicted molar refractivity (Wildman–Crippen MR) is 127 cm³/mol. The maximum atomic E-state index is 13.7. The maximum absolute atomic E-state index is 13.7. The lowest BCUT2D eigenvalue weighted by Gasteiger charge is -2.44. The highest BCUT2D eigenvalue weighted by Crippen LogP contribution is 2.35. The lowest BCUT2D eigenvalue weighted by atomic mass is 9.87. The number of carbonyl (C=O) groups is 3. The molecule has 0 aromatic heterocycles. The molecule has 8 heteroatoms. The summed E-state index contributed by atoms with van der Waals surface area (Å²) in [7, 11) is 0. The van der Waals surface area contributed by atoms with E-state index in [-0.39, 0.29) is 18.0 Å². The standard InChI is InChI=1S/C25H39N3O5/c1-15(2)26-22(30)21(19-12-11-16(3)13-17(19)4)28(18-9-8-10-18)23(31)20(14-29)27-24(32)33-25(5,6)7/h11-13,15,18,20-21,29H,8-10,14H2,1-7H3,(H,26,30)(H,27,32). The first-order valence-electron chi connectivity index (χ1n) is 11.6. The molecule has 1 saturated carbocycles. The van der Waals surface area contributed by atoms with Crippen LogP contribution in [-0.2, 0) is 14.3 Å². The number of carbonyl (C=O) groups excluding carboxylic acids is 3. The van der Waals surface area contributed by atoms with Crippen molar-refractivity contribution in [2.24, 2.45) is 0 Å². The number of amides is 3. The van der Waals surface area contributed by atoms with Gasteiger partial charge < -0.3 is 25.4 Å². The van der Waals surface area contributed by atoms with E-state index in [0.29, 0.717) is 0 Å². The van der Waals surface area contributed by atoms with Gasteiger partial charge in [-0.2, -0.15) is 0 Å². The summed E-state index contributed by atoms with van der Waals surface area (Å²) in [4.78, 5) is 41.0. The normalized spacial score (nSPS) is 15.9. The number of alkyl carbamates (subject to hydrolysis) is 1. The summed E-state index contributed by atoms with van der Waals surface area (Å²) in [6, 6.07) is 3.42. The molecule has 3 amide bonds. The lowest BCUT2D eigenvalue weighted by Crippen LogP contribution is -2.58. The van der Waals surface area contributed by atoms with Gasteiger partial charge in [0.05, 0.1) is 6.61 Å². The molecule has 0 aliphatic heterocycles. The Labute approximate surface area is 197 Å². The van der Waals surface area contributed by atoms with Crippen molar-refractivity contribution in [3.05, 3.63) is 34.9 Å². The zero-order chi connectivity index (χ0) is 24.9. The number of nitrogens with one attached hydrogen (secondary N) is 2. The molecule has 2 atom stereocenters. The van der Waals surface area contributed by atoms with Crippen LogP contribution in [0.3, 0.4) is 0 Å². The summed E-state index contributed by atoms with van der Waals surface area (Å²) in [5, 5.41) is 15.4. The van der Waals surface area contributed by atoms with Gasteiger partial charge >= 0.3 is 6.09 Å². The average molecular weight is 462 g/mol. The molecule has 1 aromatic carbocycles. The molecule has 1 aliphatic carbocycles. The van der Waals surface area contributed by atoms with Gasteiger partial charge in [0.1, 0.15) is 17.7 Å². The number of ether oxygens (including phenoxy) is 1. The molecule has 0 bridgehead atoms. The van der Waals surface area contributed by atoms with E-state index in [0.717, 1.165) is 36.0 Å². The highest BCUT2D eigenvalue weighted by molar-refractivity contribution is 5.92. The molecule has 2 unspecified atom stereocenters. The summed E-state index contributed by atoms with van der Waals surface area (Å²) >= 11 is 0. The molecule has 33 heavy (non-hydrogen) atoms. The minimum absolute atomic E-state index is 0.113. The van der Waals surface area contributed by atoms with Crippen molar-refractivity contribution in [2.75, 3.05) is 6.61 Å². The molecule has 0 radical (unpaired) electrons. The molecule has 0 heterocycles. The van der Waals surface area contributed by atoms with E-state index in [1.54, 1.807) is 25.7 Å². The summed E-state index contributed by atoms with van der Waals surface area (Å²) in [5.74, 6) is -0.789. The van der Waals surface area contributed by atoms with Crippen molar-refractivity contribution in [1.29, 1.82) is 0 Å². The van der Waals surface area contributed by atoms with Crippen LogP contribution in [0.15, 0.2) is 18.2 Å². The van der Waals surface area contributed by atoms with Crippen molar-refractivity contribution < 1.29 is 24.2 Å². The Kier molecular flexibility index (Phi) is 8.89. The van der Waals surface area contributed by atoms with Gasteiger partial charge in [0.2, 0.25) is 11.8 Å². The molecule has 0 spiro atoms. The van der Waals surface area contributed by atoms with Crippen LogP contribution in [0.4, 0.5) is 4.79 Å². The van der Waals surface area contributed by atoms with Gasteiger partial charge in [-0.25, -0.2) is 4.79 Å². The first kappa shape index (κ1) is 26.6. The number of aryl methyl sites for hydroxylation is 2. The van der Waals surface area contributed by atoms with Crippen LogP contribution in [-0.4, -0.2) is 58.2 Å². The number of benzene rings is 1. The number of hydrogen-bond donors (Lipinski definition) is 3. The van der Waals surface area contributed by atoms with E-state index in [2.05, 4.69) is 10.6 Å². The molecular formula is C25H39N3O5. The van der Waals surface area contributed by atoms with Crippen LogP contribution in [0.2, 0.25) is 0 Å². The summed E-state index contributed by atoms with van der Waals surface area (Å²) < 4.78 is 5.27. The molecule has 0 saturated heterocycles. The Hall–Kier alpha value is -2.61. The topological polar surface area (TPSA) is 108 Å². The zero-order valence-corrected chi connectivity index (χ0v) is 20.9. The number of nitrogens with zero attached hydrogens (tertiary/aromatic N) is 1. The molecule has 1 aliphatic rings. The molecule has 1 fully saturated rings. The van der Waals surface area contributed by atoms with E-state index in [1.807, 2.05) is 45.9 Å². The number of rotatable bonds is 8. The van der Waals surface area contributed by atoms with Gasteiger partial charge in [-0.1, -0.05) is 23.8 Å². The van der Waals surface area contributed by atoms with E-state index in [1.165, 1.54) is 0 Å². The van der Waals surface area contributed by atoms with Crippen molar-refractivity contribution in [1.82, 2.24) is 15.5 Å². The second kappa shape index (κ2) is 11.0. The molecule has 1 aromatic rings. The van der Waals surface area contributed by atoms with Crippen molar-refractivity contribution in [3.63, 3.8) is 0 Å². The Bertz CT molecular complexity index is 858. The largest absolute Gasteiger partial charge is 0.444 e. The van der Waals surface area contributed by atoms with E-state index < -0.39 is 36.3 Å². The summed E-state index contributed by atoms with van der Waals surface area (Å²) in [5.41, 5.74) is 1.93. The van der Waals surface area contributed by atoms with Gasteiger partial charge in [-0.3, -0.25) is 9.59 Å². The smallest absolute Gasteiger partial charge is 0.408 e. The molecule has 2 rings (SSSR count). The quantitative estimate of drug-likeness (QED) is 0.551. The van der Waals surface area contributed by atoms with Gasteiger partial charge in [0.25, 0.3) is 0 Å². The van der Waals surface area contributed by atoms with Gasteiger partial charge in [-0.05, 0) is 78.9 Å². The van der Waals surface area contributed by atoms with Crippen LogP contribution in [0.25, 0.3) is 0 Å². The van der Waals surface area contributed by atoms with Gasteiger partial charge in [0.15, 0.2) is 0 Å². The SMILES string of the molecule is Cc1ccc(C(C(=O)NC(C)C)N(C(=O)C(CO)NC(=O)OC(C)(C)C)C2CCC2)c(C)c1. The Morgan fingerprint density at radius 1 is 1.15 bits per heavy atom. The third kappa shape index (κ3) is 7.19. The minimum atomic E-state index is -1.22. The highest BCUT2D eigenvalue weighted by atomic mass is 16.6. The fourth-order valence-corrected chi connectivity index (χ4v) is 3.91. The Morgan fingerprint density at radius 3 is 2.24 bits per heavy atom. The predicted octanol–water partition coefficient (Wildman–Crippen LogP) is 3.14. The van der Waals surface area contributed by atoms with Crippen LogP contribution >= 0.6 is 0 Å². The van der Waals surface area contributed by atoms with Crippen LogP contribution < -0.4 is 10.6 Å². The number of hydrogen-bond acceptors (Lipinski definition) is 5. The van der Waals surface area contributed by atoms with Gasteiger partial charge in [0, 0.05) is 12.1 Å². The zero-order valence-electron chi connectivity index (χ0n) is 20.9. The van der Waals surface area contributed by atoms with Crippen LogP contribution in [0, 0.1) is 13.8 Å². The van der Waals surface area contributed by atoms with E-state index in [9.17, 15) is 19.5 Å². The third-order valence-electron chi connectivity index (χ3n) is 5.57. The van der Waals surface area contributed by atoms with Crippen molar-refractivity contribution in [3.8, 4) is 0 Å². The molecule has 184 valence electrons. The lowest BCUT2D eigenvalue weighted by molar-refractivity contribution is -0.148. The third-order valence-corrected chi connectivity index (χ3v) is 5.57. The van der Waals surface area contributed by atoms with Crippen molar-refractivity contribution in [2.45, 2.75) is 97.5 Å². The second-order valence-electron chi connectivity index (χ2n) is 10.1. The fraction of sp³-hybridized carbons (Fsp3) is 0.640. The number of aliphatic hydroxyl groups is 1. The Morgan fingerprint density at radius 2 is 1.79 bits per heavy atom. The molecular weight excluding hydrogens is 422 g/mol. The van der Waals surface area contributed by atoms with Crippen LogP contribution in [0.5, 0.6) is 0 Å². The fourth-order valence-electron chi connectivity index (χ4n) is 3.91. The minimum Gasteiger partial charge on any atom is -0.444 e. The van der Waals surface area contributed by atoms with E-state index in [4.69, 9.17) is 4.74 Å². The van der Waals surface area contributed by atoms with Gasteiger partial charge in [-0.15, -0.1) is 0 Å². The molecule has 3 N–H and O–H groups in total. The van der Waals surface area contributed by atoms with E-state index >= 15 is 0 Å². The summed E-state index contributed by atoms with van der Waals surface area (Å²) in [6.07, 6.45) is 1.67. The number of aliphatic hydroxyl groups excluding tert-OH is 1. The van der Waals surface area contributed by atoms with Crippen LogP contribution in [0.1, 0.15) is 76.6 Å². The monoisotopic (exact) mass is 461 g/mol. The highest BCUT2D eigenvalue weighted by Gasteiger charge is 2.42. The average Bonchev–Trinajstić information content (AvgIpc) is 2.63. The second-order valence-corrected chi connectivity index (χ2v) is 10.1. The maximum Gasteiger partial charge on any atom is 0.408 e. The Balaban J connectivity index is 2.46. The first-order chi connectivity index (χ1) is 15.3. The van der Waals surface area contributed by atoms with Crippen molar-refractivity contribution >= 4 is 17.9 Å². The summed E-state index contributed by atoms with van der Waals surface area (Å²) in [6.45, 7) is 12.2. The molecule has 8 nitrogen and oxygen atoms in total.